The molecule has 0 aromatic heterocycles. The van der Waals surface area contributed by atoms with E-state index >= 15 is 0 Å². The minimum Gasteiger partial charge on any atom is -0.486 e. The van der Waals surface area contributed by atoms with Crippen LogP contribution >= 0.6 is 8.58 Å². The van der Waals surface area contributed by atoms with Crippen molar-refractivity contribution in [2.45, 2.75) is 0 Å². The van der Waals surface area contributed by atoms with E-state index in [1.165, 1.54) is 0 Å². The van der Waals surface area contributed by atoms with Gasteiger partial charge in [0, 0.05) is 0 Å². The van der Waals surface area contributed by atoms with Crippen LogP contribution in [0.25, 0.3) is 0 Å². The predicted molar refractivity (Wildman–Crippen MR) is 73.2 cm³/mol. The molecule has 0 radical (unpaired) electrons. The highest BCUT2D eigenvalue weighted by Crippen LogP contribution is 2.28. The first kappa shape index (κ1) is 11.9. The molecule has 0 saturated carbocycles. The Morgan fingerprint density at radius 2 is 1.29 bits per heavy atom. The molecule has 2 nitrogen and oxygen atoms in total. The third-order valence-corrected chi connectivity index (χ3v) is 2.94. The fourth-order valence-corrected chi connectivity index (χ4v) is 1.95. The van der Waals surface area contributed by atoms with E-state index in [1.807, 2.05) is 36.4 Å². The molecule has 0 amide bonds. The third-order valence-electron chi connectivity index (χ3n) is 2.17. The summed E-state index contributed by atoms with van der Waals surface area (Å²) in [5.74, 6) is 6.02. The van der Waals surface area contributed by atoms with Crippen LogP contribution in [0.1, 0.15) is 0 Å². The Labute approximate surface area is 103 Å². The molecule has 0 spiro atoms. The Hall–Kier alpha value is -1.53. The van der Waals surface area contributed by atoms with Gasteiger partial charge in [-0.1, -0.05) is 56.7 Å². The van der Waals surface area contributed by atoms with E-state index in [4.69, 9.17) is 9.47 Å². The van der Waals surface area contributed by atoms with Crippen molar-refractivity contribution in [2.75, 3.05) is 13.2 Å². The van der Waals surface area contributed by atoms with Crippen molar-refractivity contribution in [3.8, 4) is 11.5 Å². The standard InChI is InChI=1S/C8H8O2.C6H7P/c1-2-4-8-7(3-1)9-5-6-10-8;1-2-4-6-7-5-3-1/h1-4H,5-6H2;1-7H. The van der Waals surface area contributed by atoms with E-state index in [0.29, 0.717) is 13.2 Å². The summed E-state index contributed by atoms with van der Waals surface area (Å²) in [7, 11) is 0.871. The summed E-state index contributed by atoms with van der Waals surface area (Å²) >= 11 is 0. The van der Waals surface area contributed by atoms with Crippen molar-refractivity contribution in [1.82, 2.24) is 0 Å². The Balaban J connectivity index is 0.000000136. The van der Waals surface area contributed by atoms with Crippen molar-refractivity contribution in [3.05, 3.63) is 60.2 Å². The molecule has 2 aliphatic rings. The molecule has 3 heteroatoms. The van der Waals surface area contributed by atoms with E-state index in [0.717, 1.165) is 20.1 Å². The molecule has 0 unspecified atom stereocenters. The maximum Gasteiger partial charge on any atom is 0.161 e. The van der Waals surface area contributed by atoms with E-state index in [1.54, 1.807) is 0 Å². The Kier molecular flexibility index (Phi) is 4.86. The normalized spacial score (nSPS) is 15.8. The van der Waals surface area contributed by atoms with Gasteiger partial charge in [-0.3, -0.25) is 0 Å². The maximum atomic E-state index is 5.30. The molecule has 1 aromatic carbocycles. The number of hydrogen-bond donors (Lipinski definition) is 0. The molecular weight excluding hydrogens is 231 g/mol. The molecule has 0 fully saturated rings. The van der Waals surface area contributed by atoms with Gasteiger partial charge in [0.2, 0.25) is 0 Å². The number of benzene rings is 1. The van der Waals surface area contributed by atoms with Crippen LogP contribution in [0.15, 0.2) is 60.2 Å². The number of ether oxygens (including phenoxy) is 2. The molecule has 0 aliphatic carbocycles. The second kappa shape index (κ2) is 6.93. The summed E-state index contributed by atoms with van der Waals surface area (Å²) in [6.07, 6.45) is 8.21. The lowest BCUT2D eigenvalue weighted by atomic mass is 10.3. The van der Waals surface area contributed by atoms with Crippen LogP contribution in [0.5, 0.6) is 11.5 Å². The van der Waals surface area contributed by atoms with Gasteiger partial charge in [0.25, 0.3) is 0 Å². The number of fused-ring (bicyclic) bond motifs is 1. The van der Waals surface area contributed by atoms with Gasteiger partial charge in [0.05, 0.1) is 0 Å². The fourth-order valence-electron chi connectivity index (χ4n) is 1.40. The topological polar surface area (TPSA) is 18.5 Å². The average molecular weight is 246 g/mol. The van der Waals surface area contributed by atoms with Crippen LogP contribution in [0.3, 0.4) is 0 Å². The predicted octanol–water partition coefficient (Wildman–Crippen LogP) is 3.72. The smallest absolute Gasteiger partial charge is 0.161 e. The summed E-state index contributed by atoms with van der Waals surface area (Å²) in [6.45, 7) is 1.33. The molecule has 2 aliphatic heterocycles. The summed E-state index contributed by atoms with van der Waals surface area (Å²) in [4.78, 5) is 0. The van der Waals surface area contributed by atoms with Crippen LogP contribution in [-0.2, 0) is 0 Å². The lowest BCUT2D eigenvalue weighted by Crippen LogP contribution is -2.14. The molecule has 0 N–H and O–H groups in total. The molecule has 0 saturated heterocycles. The van der Waals surface area contributed by atoms with Crippen LogP contribution in [0.2, 0.25) is 0 Å². The van der Waals surface area contributed by atoms with Crippen molar-refractivity contribution >= 4 is 8.58 Å². The Morgan fingerprint density at radius 3 is 1.82 bits per heavy atom. The lowest BCUT2D eigenvalue weighted by Gasteiger charge is -2.17. The summed E-state index contributed by atoms with van der Waals surface area (Å²) < 4.78 is 10.6. The van der Waals surface area contributed by atoms with Crippen LogP contribution in [0.4, 0.5) is 0 Å². The zero-order chi connectivity index (χ0) is 11.8. The minimum absolute atomic E-state index is 0.664. The second-order valence-electron chi connectivity index (χ2n) is 3.41. The summed E-state index contributed by atoms with van der Waals surface area (Å²) in [6, 6.07) is 7.70. The first-order chi connectivity index (χ1) is 8.47. The SMILES string of the molecule is C1=CC=CPC=C1.c1ccc2c(c1)OCCO2. The highest BCUT2D eigenvalue weighted by molar-refractivity contribution is 7.45. The fraction of sp³-hybridized carbons (Fsp3) is 0.143. The van der Waals surface area contributed by atoms with Crippen LogP contribution < -0.4 is 9.47 Å². The lowest BCUT2D eigenvalue weighted by molar-refractivity contribution is 0.171. The Bertz CT molecular complexity index is 397. The molecule has 0 bridgehead atoms. The van der Waals surface area contributed by atoms with Gasteiger partial charge in [0.1, 0.15) is 13.2 Å². The third kappa shape index (κ3) is 4.08. The van der Waals surface area contributed by atoms with Gasteiger partial charge < -0.3 is 9.47 Å². The molecule has 2 heterocycles. The largest absolute Gasteiger partial charge is 0.486 e. The molecule has 1 aromatic rings. The Morgan fingerprint density at radius 1 is 0.765 bits per heavy atom. The molecule has 17 heavy (non-hydrogen) atoms. The van der Waals surface area contributed by atoms with Crippen molar-refractivity contribution in [1.29, 1.82) is 0 Å². The van der Waals surface area contributed by atoms with Crippen LogP contribution in [-0.4, -0.2) is 13.2 Å². The average Bonchev–Trinajstić information content (AvgIpc) is 2.72. The number of para-hydroxylation sites is 2. The van der Waals surface area contributed by atoms with E-state index in [2.05, 4.69) is 23.8 Å². The van der Waals surface area contributed by atoms with Crippen LogP contribution in [0, 0.1) is 0 Å². The molecule has 3 rings (SSSR count). The highest BCUT2D eigenvalue weighted by atomic mass is 31.1. The maximum absolute atomic E-state index is 5.30. The van der Waals surface area contributed by atoms with Gasteiger partial charge in [-0.15, -0.1) is 0 Å². The van der Waals surface area contributed by atoms with Gasteiger partial charge in [0.15, 0.2) is 11.5 Å². The van der Waals surface area contributed by atoms with E-state index < -0.39 is 0 Å². The molecular formula is C14H15O2P. The van der Waals surface area contributed by atoms with Gasteiger partial charge in [-0.05, 0) is 12.1 Å². The van der Waals surface area contributed by atoms with E-state index in [9.17, 15) is 0 Å². The van der Waals surface area contributed by atoms with Gasteiger partial charge in [-0.25, -0.2) is 0 Å². The van der Waals surface area contributed by atoms with E-state index in [-0.39, 0.29) is 0 Å². The quantitative estimate of drug-likeness (QED) is 0.649. The number of hydrogen-bond acceptors (Lipinski definition) is 2. The first-order valence-electron chi connectivity index (χ1n) is 5.56. The summed E-state index contributed by atoms with van der Waals surface area (Å²) in [5, 5.41) is 0. The second-order valence-corrected chi connectivity index (χ2v) is 4.41. The number of rotatable bonds is 0. The zero-order valence-corrected chi connectivity index (χ0v) is 10.5. The van der Waals surface area contributed by atoms with Gasteiger partial charge >= 0.3 is 0 Å². The summed E-state index contributed by atoms with van der Waals surface area (Å²) in [5.41, 5.74) is 0. The highest BCUT2D eigenvalue weighted by Gasteiger charge is 2.07. The first-order valence-corrected chi connectivity index (χ1v) is 6.71. The van der Waals surface area contributed by atoms with Crippen molar-refractivity contribution < 1.29 is 9.47 Å². The molecule has 0 atom stereocenters. The number of allylic oxidation sites excluding steroid dienone is 4. The molecule has 88 valence electrons. The minimum atomic E-state index is 0.664. The monoisotopic (exact) mass is 246 g/mol. The van der Waals surface area contributed by atoms with Crippen molar-refractivity contribution in [3.63, 3.8) is 0 Å². The van der Waals surface area contributed by atoms with Gasteiger partial charge in [-0.2, -0.15) is 0 Å². The zero-order valence-electron chi connectivity index (χ0n) is 9.50. The van der Waals surface area contributed by atoms with Crippen molar-refractivity contribution in [2.24, 2.45) is 0 Å².